The third-order valence-electron chi connectivity index (χ3n) is 4.67. The van der Waals surface area contributed by atoms with Crippen molar-refractivity contribution in [2.75, 3.05) is 13.1 Å². The minimum atomic E-state index is 0.0914. The number of carbonyl (C=O) groups is 1. The van der Waals surface area contributed by atoms with E-state index < -0.39 is 0 Å². The molecule has 3 aromatic rings. The Kier molecular flexibility index (Phi) is 3.76. The van der Waals surface area contributed by atoms with E-state index in [-0.39, 0.29) is 5.91 Å². The van der Waals surface area contributed by atoms with E-state index in [1.807, 2.05) is 48.4 Å². The number of nitrogens with zero attached hydrogens (tertiary/aromatic N) is 3. The number of aromatic nitrogens is 3. The van der Waals surface area contributed by atoms with Crippen LogP contribution in [-0.4, -0.2) is 38.8 Å². The Morgan fingerprint density at radius 2 is 2.21 bits per heavy atom. The second-order valence-corrected chi connectivity index (χ2v) is 6.45. The monoisotopic (exact) mass is 320 g/mol. The van der Waals surface area contributed by atoms with Gasteiger partial charge in [0.1, 0.15) is 5.82 Å². The fourth-order valence-corrected chi connectivity index (χ4v) is 3.42. The summed E-state index contributed by atoms with van der Waals surface area (Å²) >= 11 is 0. The van der Waals surface area contributed by atoms with Gasteiger partial charge in [0, 0.05) is 48.0 Å². The lowest BCUT2D eigenvalue weighted by atomic mass is 9.96. The summed E-state index contributed by atoms with van der Waals surface area (Å²) in [6, 6.07) is 9.61. The fraction of sp³-hybridized carbons (Fsp3) is 0.316. The molecule has 3 heterocycles. The predicted octanol–water partition coefficient (Wildman–Crippen LogP) is 3.29. The Morgan fingerprint density at radius 1 is 1.29 bits per heavy atom. The molecule has 1 atom stereocenters. The maximum absolute atomic E-state index is 12.9. The quantitative estimate of drug-likeness (QED) is 0.788. The molecule has 0 bridgehead atoms. The van der Waals surface area contributed by atoms with Crippen molar-refractivity contribution in [2.24, 2.45) is 0 Å². The van der Waals surface area contributed by atoms with Crippen molar-refractivity contribution >= 4 is 16.8 Å². The summed E-state index contributed by atoms with van der Waals surface area (Å²) < 4.78 is 0. The van der Waals surface area contributed by atoms with Crippen molar-refractivity contribution in [1.29, 1.82) is 0 Å². The van der Waals surface area contributed by atoms with E-state index in [0.717, 1.165) is 53.9 Å². The summed E-state index contributed by atoms with van der Waals surface area (Å²) in [5.74, 6) is 1.37. The second kappa shape index (κ2) is 6.07. The van der Waals surface area contributed by atoms with Crippen LogP contribution in [0.5, 0.6) is 0 Å². The summed E-state index contributed by atoms with van der Waals surface area (Å²) in [5.41, 5.74) is 2.71. The van der Waals surface area contributed by atoms with E-state index >= 15 is 0 Å². The van der Waals surface area contributed by atoms with Crippen molar-refractivity contribution in [3.05, 3.63) is 59.8 Å². The number of piperidine rings is 1. The Morgan fingerprint density at radius 3 is 3.04 bits per heavy atom. The Balaban J connectivity index is 1.56. The van der Waals surface area contributed by atoms with Crippen molar-refractivity contribution < 1.29 is 4.79 Å². The molecule has 0 radical (unpaired) electrons. The number of amides is 1. The molecule has 0 spiro atoms. The van der Waals surface area contributed by atoms with Crippen LogP contribution in [0, 0.1) is 6.92 Å². The van der Waals surface area contributed by atoms with Crippen LogP contribution in [0.1, 0.15) is 40.6 Å². The van der Waals surface area contributed by atoms with Crippen molar-refractivity contribution in [3.63, 3.8) is 0 Å². The first kappa shape index (κ1) is 14.9. The normalized spacial score (nSPS) is 18.0. The van der Waals surface area contributed by atoms with Gasteiger partial charge in [-0.3, -0.25) is 9.78 Å². The molecule has 0 aliphatic carbocycles. The zero-order chi connectivity index (χ0) is 16.5. The van der Waals surface area contributed by atoms with E-state index in [4.69, 9.17) is 0 Å². The minimum absolute atomic E-state index is 0.0914. The van der Waals surface area contributed by atoms with E-state index in [1.54, 1.807) is 6.20 Å². The van der Waals surface area contributed by atoms with Gasteiger partial charge in [-0.05, 0) is 44.0 Å². The van der Waals surface area contributed by atoms with Crippen molar-refractivity contribution in [3.8, 4) is 0 Å². The molecule has 2 aromatic heterocycles. The maximum Gasteiger partial charge on any atom is 0.253 e. The van der Waals surface area contributed by atoms with Crippen LogP contribution in [0.4, 0.5) is 0 Å². The summed E-state index contributed by atoms with van der Waals surface area (Å²) in [7, 11) is 0. The van der Waals surface area contributed by atoms with Gasteiger partial charge in [-0.1, -0.05) is 6.07 Å². The van der Waals surface area contributed by atoms with Gasteiger partial charge in [-0.2, -0.15) is 0 Å². The van der Waals surface area contributed by atoms with Crippen LogP contribution in [0.2, 0.25) is 0 Å². The van der Waals surface area contributed by atoms with E-state index in [0.29, 0.717) is 5.92 Å². The van der Waals surface area contributed by atoms with Gasteiger partial charge in [0.2, 0.25) is 0 Å². The Labute approximate surface area is 140 Å². The molecule has 1 aromatic carbocycles. The number of aromatic amines is 1. The summed E-state index contributed by atoms with van der Waals surface area (Å²) in [6.07, 6.45) is 5.69. The number of hydrogen-bond donors (Lipinski definition) is 1. The van der Waals surface area contributed by atoms with Crippen LogP contribution < -0.4 is 0 Å². The third kappa shape index (κ3) is 2.77. The molecule has 4 rings (SSSR count). The number of aryl methyl sites for hydroxylation is 1. The first-order valence-corrected chi connectivity index (χ1v) is 8.36. The molecule has 1 amide bonds. The first-order chi connectivity index (χ1) is 11.7. The highest BCUT2D eigenvalue weighted by Gasteiger charge is 2.27. The van der Waals surface area contributed by atoms with Crippen molar-refractivity contribution in [2.45, 2.75) is 25.7 Å². The number of fused-ring (bicyclic) bond motifs is 1. The Bertz CT molecular complexity index is 886. The number of hydrogen-bond acceptors (Lipinski definition) is 3. The number of benzene rings is 1. The molecular formula is C19H20N4O. The number of rotatable bonds is 2. The van der Waals surface area contributed by atoms with Crippen LogP contribution in [-0.2, 0) is 0 Å². The SMILES string of the molecule is Cc1cnc([C@@H]2CCCN(C(=O)c3ccc4ncccc4c3)C2)[nH]1. The predicted molar refractivity (Wildman–Crippen MR) is 92.9 cm³/mol. The van der Waals surface area contributed by atoms with Crippen LogP contribution >= 0.6 is 0 Å². The molecule has 5 nitrogen and oxygen atoms in total. The molecule has 1 aliphatic rings. The van der Waals surface area contributed by atoms with Gasteiger partial charge in [-0.25, -0.2) is 4.98 Å². The van der Waals surface area contributed by atoms with E-state index in [9.17, 15) is 4.79 Å². The molecule has 24 heavy (non-hydrogen) atoms. The Hall–Kier alpha value is -2.69. The fourth-order valence-electron chi connectivity index (χ4n) is 3.42. The molecule has 1 saturated heterocycles. The van der Waals surface area contributed by atoms with Crippen molar-refractivity contribution in [1.82, 2.24) is 19.9 Å². The van der Waals surface area contributed by atoms with Gasteiger partial charge in [0.15, 0.2) is 0 Å². The molecule has 0 unspecified atom stereocenters. The largest absolute Gasteiger partial charge is 0.346 e. The zero-order valence-electron chi connectivity index (χ0n) is 13.7. The summed E-state index contributed by atoms with van der Waals surface area (Å²) in [5, 5.41) is 0.999. The highest BCUT2D eigenvalue weighted by atomic mass is 16.2. The van der Waals surface area contributed by atoms with Gasteiger partial charge < -0.3 is 9.88 Å². The molecule has 5 heteroatoms. The lowest BCUT2D eigenvalue weighted by molar-refractivity contribution is 0.0705. The molecule has 0 saturated carbocycles. The number of pyridine rings is 1. The molecule has 1 N–H and O–H groups in total. The summed E-state index contributed by atoms with van der Waals surface area (Å²) in [6.45, 7) is 3.53. The minimum Gasteiger partial charge on any atom is -0.346 e. The van der Waals surface area contributed by atoms with Crippen LogP contribution in [0.3, 0.4) is 0 Å². The maximum atomic E-state index is 12.9. The van der Waals surface area contributed by atoms with Gasteiger partial charge in [0.05, 0.1) is 5.52 Å². The lowest BCUT2D eigenvalue weighted by Crippen LogP contribution is -2.39. The lowest BCUT2D eigenvalue weighted by Gasteiger charge is -2.32. The van der Waals surface area contributed by atoms with Gasteiger partial charge >= 0.3 is 0 Å². The number of imidazole rings is 1. The molecular weight excluding hydrogens is 300 g/mol. The smallest absolute Gasteiger partial charge is 0.253 e. The number of H-pyrrole nitrogens is 1. The van der Waals surface area contributed by atoms with Crippen LogP contribution in [0.15, 0.2) is 42.7 Å². The van der Waals surface area contributed by atoms with Crippen LogP contribution in [0.25, 0.3) is 10.9 Å². The molecule has 122 valence electrons. The third-order valence-corrected chi connectivity index (χ3v) is 4.67. The topological polar surface area (TPSA) is 61.9 Å². The number of likely N-dealkylation sites (tertiary alicyclic amines) is 1. The molecule has 1 aliphatic heterocycles. The highest BCUT2D eigenvalue weighted by molar-refractivity contribution is 5.98. The average molecular weight is 320 g/mol. The summed E-state index contributed by atoms with van der Waals surface area (Å²) in [4.78, 5) is 26.9. The van der Waals surface area contributed by atoms with E-state index in [2.05, 4.69) is 15.0 Å². The van der Waals surface area contributed by atoms with E-state index in [1.165, 1.54) is 0 Å². The van der Waals surface area contributed by atoms with Gasteiger partial charge in [0.25, 0.3) is 5.91 Å². The second-order valence-electron chi connectivity index (χ2n) is 6.45. The number of carbonyl (C=O) groups excluding carboxylic acids is 1. The van der Waals surface area contributed by atoms with Gasteiger partial charge in [-0.15, -0.1) is 0 Å². The number of nitrogens with one attached hydrogen (secondary N) is 1. The first-order valence-electron chi connectivity index (χ1n) is 8.36. The highest BCUT2D eigenvalue weighted by Crippen LogP contribution is 2.26. The standard InChI is InChI=1S/C19H20N4O/c1-13-11-21-18(22-13)16-5-3-9-23(12-16)19(24)15-6-7-17-14(10-15)4-2-8-20-17/h2,4,6-8,10-11,16H,3,5,9,12H2,1H3,(H,21,22)/t16-/m1/s1. The molecule has 1 fully saturated rings. The average Bonchev–Trinajstić information content (AvgIpc) is 3.07. The zero-order valence-corrected chi connectivity index (χ0v) is 13.7.